The van der Waals surface area contributed by atoms with E-state index < -0.39 is 0 Å². The number of carbonyl (C=O) groups excluding carboxylic acids is 2. The molecule has 0 radical (unpaired) electrons. The molecule has 2 aromatic rings. The molecule has 1 N–H and O–H groups in total. The summed E-state index contributed by atoms with van der Waals surface area (Å²) in [6.07, 6.45) is 1.38. The Morgan fingerprint density at radius 1 is 1.28 bits per heavy atom. The summed E-state index contributed by atoms with van der Waals surface area (Å²) >= 11 is 0. The third-order valence-corrected chi connectivity index (χ3v) is 4.55. The Kier molecular flexibility index (Phi) is 5.11. The van der Waals surface area contributed by atoms with Crippen LogP contribution in [0.25, 0.3) is 11.0 Å². The van der Waals surface area contributed by atoms with Gasteiger partial charge in [-0.25, -0.2) is 4.79 Å². The van der Waals surface area contributed by atoms with E-state index in [0.717, 1.165) is 18.2 Å². The minimum Gasteiger partial charge on any atom is -0.493 e. The molecule has 1 aliphatic heterocycles. The second-order valence-corrected chi connectivity index (χ2v) is 6.10. The van der Waals surface area contributed by atoms with Gasteiger partial charge in [0.2, 0.25) is 0 Å². The van der Waals surface area contributed by atoms with E-state index in [2.05, 4.69) is 5.32 Å². The summed E-state index contributed by atoms with van der Waals surface area (Å²) in [6.45, 7) is 1.85. The minimum atomic E-state index is -0.293. The quantitative estimate of drug-likeness (QED) is 0.920. The Labute approximate surface area is 145 Å². The van der Waals surface area contributed by atoms with Crippen LogP contribution in [0.1, 0.15) is 23.4 Å². The van der Waals surface area contributed by atoms with Gasteiger partial charge in [-0.2, -0.15) is 0 Å². The van der Waals surface area contributed by atoms with Gasteiger partial charge in [-0.15, -0.1) is 0 Å². The maximum absolute atomic E-state index is 12.3. The summed E-state index contributed by atoms with van der Waals surface area (Å²) in [6, 6.07) is 7.24. The van der Waals surface area contributed by atoms with Crippen molar-refractivity contribution in [1.82, 2.24) is 10.2 Å². The Bertz CT molecular complexity index is 762. The van der Waals surface area contributed by atoms with Gasteiger partial charge in [0.1, 0.15) is 0 Å². The molecule has 0 saturated carbocycles. The molecule has 0 unspecified atom stereocenters. The Hall–Kier alpha value is -2.70. The maximum atomic E-state index is 12.3. The van der Waals surface area contributed by atoms with Gasteiger partial charge in [0, 0.05) is 25.0 Å². The molecule has 1 fully saturated rings. The van der Waals surface area contributed by atoms with E-state index >= 15 is 0 Å². The summed E-state index contributed by atoms with van der Waals surface area (Å²) in [5.41, 5.74) is 0.571. The normalized spacial score (nSPS) is 15.2. The van der Waals surface area contributed by atoms with Gasteiger partial charge in [0.05, 0.1) is 14.2 Å². The molecule has 0 aliphatic carbocycles. The molecular formula is C18H22N2O5. The number of furan rings is 1. The van der Waals surface area contributed by atoms with Gasteiger partial charge in [-0.05, 0) is 30.9 Å². The van der Waals surface area contributed by atoms with Crippen LogP contribution >= 0.6 is 0 Å². The number of hydrogen-bond donors (Lipinski definition) is 1. The molecule has 1 aromatic carbocycles. The Morgan fingerprint density at radius 3 is 2.72 bits per heavy atom. The molecule has 1 aliphatic rings. The SMILES string of the molecule is COC(=O)N1CCC(CNC(=O)c2cc3cccc(OC)c3o2)CC1. The number of ether oxygens (including phenoxy) is 2. The molecule has 0 atom stereocenters. The zero-order valence-electron chi connectivity index (χ0n) is 14.4. The van der Waals surface area contributed by atoms with Gasteiger partial charge in [-0.1, -0.05) is 12.1 Å². The number of hydrogen-bond acceptors (Lipinski definition) is 5. The van der Waals surface area contributed by atoms with Crippen LogP contribution in [0.2, 0.25) is 0 Å². The molecule has 7 nitrogen and oxygen atoms in total. The number of carbonyl (C=O) groups is 2. The van der Waals surface area contributed by atoms with E-state index in [-0.39, 0.29) is 17.8 Å². The monoisotopic (exact) mass is 346 g/mol. The van der Waals surface area contributed by atoms with Crippen LogP contribution in [0, 0.1) is 5.92 Å². The molecule has 1 saturated heterocycles. The fourth-order valence-corrected chi connectivity index (χ4v) is 3.08. The smallest absolute Gasteiger partial charge is 0.409 e. The lowest BCUT2D eigenvalue weighted by Crippen LogP contribution is -2.41. The van der Waals surface area contributed by atoms with E-state index in [0.29, 0.717) is 36.9 Å². The zero-order valence-corrected chi connectivity index (χ0v) is 14.4. The topological polar surface area (TPSA) is 81.0 Å². The van der Waals surface area contributed by atoms with Crippen LogP contribution in [0.5, 0.6) is 5.75 Å². The van der Waals surface area contributed by atoms with E-state index in [1.807, 2.05) is 12.1 Å². The van der Waals surface area contributed by atoms with Gasteiger partial charge < -0.3 is 24.1 Å². The number of likely N-dealkylation sites (tertiary alicyclic amines) is 1. The molecule has 1 aromatic heterocycles. The molecule has 0 bridgehead atoms. The summed E-state index contributed by atoms with van der Waals surface area (Å²) in [5.74, 6) is 0.968. The van der Waals surface area contributed by atoms with Gasteiger partial charge in [0.25, 0.3) is 5.91 Å². The van der Waals surface area contributed by atoms with Crippen LogP contribution in [0.3, 0.4) is 0 Å². The van der Waals surface area contributed by atoms with Gasteiger partial charge >= 0.3 is 6.09 Å². The lowest BCUT2D eigenvalue weighted by Gasteiger charge is -2.30. The highest BCUT2D eigenvalue weighted by molar-refractivity contribution is 5.97. The van der Waals surface area contributed by atoms with Crippen molar-refractivity contribution in [3.63, 3.8) is 0 Å². The van der Waals surface area contributed by atoms with Crippen molar-refractivity contribution in [3.05, 3.63) is 30.0 Å². The number of rotatable bonds is 4. The Balaban J connectivity index is 1.56. The number of fused-ring (bicyclic) bond motifs is 1. The first-order valence-electron chi connectivity index (χ1n) is 8.30. The van der Waals surface area contributed by atoms with Gasteiger partial charge in [-0.3, -0.25) is 4.79 Å². The van der Waals surface area contributed by atoms with Crippen LogP contribution in [0.4, 0.5) is 4.79 Å². The predicted octanol–water partition coefficient (Wildman–Crippen LogP) is 2.65. The fraction of sp³-hybridized carbons (Fsp3) is 0.444. The first kappa shape index (κ1) is 17.1. The van der Waals surface area contributed by atoms with E-state index in [9.17, 15) is 9.59 Å². The Morgan fingerprint density at radius 2 is 2.04 bits per heavy atom. The minimum absolute atomic E-state index is 0.242. The number of benzene rings is 1. The molecule has 0 spiro atoms. The number of nitrogens with one attached hydrogen (secondary N) is 1. The predicted molar refractivity (Wildman–Crippen MR) is 91.8 cm³/mol. The van der Waals surface area contributed by atoms with Crippen LogP contribution < -0.4 is 10.1 Å². The highest BCUT2D eigenvalue weighted by atomic mass is 16.5. The second kappa shape index (κ2) is 7.46. The first-order valence-corrected chi connectivity index (χ1v) is 8.30. The molecule has 2 amide bonds. The molecule has 25 heavy (non-hydrogen) atoms. The average molecular weight is 346 g/mol. The molecule has 3 rings (SSSR count). The van der Waals surface area contributed by atoms with Crippen LogP contribution in [-0.4, -0.2) is 50.8 Å². The number of piperidine rings is 1. The number of para-hydroxylation sites is 1. The van der Waals surface area contributed by atoms with Crippen molar-refractivity contribution in [2.24, 2.45) is 5.92 Å². The molecule has 7 heteroatoms. The standard InChI is InChI=1S/C18H22N2O5/c1-23-14-5-3-4-13-10-15(25-16(13)14)17(21)19-11-12-6-8-20(9-7-12)18(22)24-2/h3-5,10,12H,6-9,11H2,1-2H3,(H,19,21). The summed E-state index contributed by atoms with van der Waals surface area (Å²) in [5, 5.41) is 3.75. The second-order valence-electron chi connectivity index (χ2n) is 6.10. The highest BCUT2D eigenvalue weighted by Gasteiger charge is 2.24. The average Bonchev–Trinajstić information content (AvgIpc) is 3.10. The molecule has 134 valence electrons. The summed E-state index contributed by atoms with van der Waals surface area (Å²) in [4.78, 5) is 25.5. The van der Waals surface area contributed by atoms with Crippen molar-refractivity contribution < 1.29 is 23.5 Å². The first-order chi connectivity index (χ1) is 12.1. The number of nitrogens with zero attached hydrogens (tertiary/aromatic N) is 1. The summed E-state index contributed by atoms with van der Waals surface area (Å²) in [7, 11) is 2.95. The largest absolute Gasteiger partial charge is 0.493 e. The van der Waals surface area contributed by atoms with E-state index in [1.165, 1.54) is 7.11 Å². The van der Waals surface area contributed by atoms with E-state index in [1.54, 1.807) is 24.1 Å². The summed E-state index contributed by atoms with van der Waals surface area (Å²) < 4.78 is 15.6. The fourth-order valence-electron chi connectivity index (χ4n) is 3.08. The van der Waals surface area contributed by atoms with Crippen molar-refractivity contribution in [2.75, 3.05) is 33.9 Å². The zero-order chi connectivity index (χ0) is 17.8. The van der Waals surface area contributed by atoms with Crippen molar-refractivity contribution in [3.8, 4) is 5.75 Å². The van der Waals surface area contributed by atoms with E-state index in [4.69, 9.17) is 13.9 Å². The molecular weight excluding hydrogens is 324 g/mol. The van der Waals surface area contributed by atoms with Crippen LogP contribution in [-0.2, 0) is 4.74 Å². The lowest BCUT2D eigenvalue weighted by molar-refractivity contribution is 0.0892. The van der Waals surface area contributed by atoms with Crippen molar-refractivity contribution >= 4 is 23.0 Å². The lowest BCUT2D eigenvalue weighted by atomic mass is 9.97. The third-order valence-electron chi connectivity index (χ3n) is 4.55. The van der Waals surface area contributed by atoms with Crippen molar-refractivity contribution in [1.29, 1.82) is 0 Å². The molecule has 2 heterocycles. The number of methoxy groups -OCH3 is 2. The van der Waals surface area contributed by atoms with Crippen LogP contribution in [0.15, 0.2) is 28.7 Å². The van der Waals surface area contributed by atoms with Gasteiger partial charge in [0.15, 0.2) is 17.1 Å². The highest BCUT2D eigenvalue weighted by Crippen LogP contribution is 2.28. The van der Waals surface area contributed by atoms with Crippen molar-refractivity contribution in [2.45, 2.75) is 12.8 Å². The maximum Gasteiger partial charge on any atom is 0.409 e. The third kappa shape index (κ3) is 3.70. The number of amides is 2.